The Morgan fingerprint density at radius 3 is 2.50 bits per heavy atom. The van der Waals surface area contributed by atoms with Crippen molar-refractivity contribution in [2.24, 2.45) is 5.73 Å². The predicted octanol–water partition coefficient (Wildman–Crippen LogP) is 1.56. The molecular formula is C11H11Br2N3O3S. The number of nitrogens with one attached hydrogen (secondary N) is 2. The van der Waals surface area contributed by atoms with Gasteiger partial charge in [0.2, 0.25) is 0 Å². The number of anilines is 1. The fourth-order valence-electron chi connectivity index (χ4n) is 1.21. The standard InChI is InChI=1S/C11H11Br2N3O3S/c1-19-8-3-7(5(12)2-6(8)13)16-11(18)10(17)15-4-9(14)20/h2-3H,4H2,1H3,(H2,14,20)(H,15,17)(H,16,18). The summed E-state index contributed by atoms with van der Waals surface area (Å²) in [6, 6.07) is 3.27. The summed E-state index contributed by atoms with van der Waals surface area (Å²) in [5.41, 5.74) is 5.63. The van der Waals surface area contributed by atoms with Gasteiger partial charge in [0.15, 0.2) is 0 Å². The highest BCUT2D eigenvalue weighted by Gasteiger charge is 2.16. The van der Waals surface area contributed by atoms with Gasteiger partial charge in [-0.25, -0.2) is 0 Å². The Balaban J connectivity index is 2.80. The molecule has 0 heterocycles. The molecule has 0 fully saturated rings. The van der Waals surface area contributed by atoms with Crippen molar-refractivity contribution in [3.8, 4) is 5.75 Å². The molecule has 6 nitrogen and oxygen atoms in total. The van der Waals surface area contributed by atoms with Crippen molar-refractivity contribution in [1.82, 2.24) is 5.32 Å². The van der Waals surface area contributed by atoms with E-state index in [1.807, 2.05) is 0 Å². The number of methoxy groups -OCH3 is 1. The first-order chi connectivity index (χ1) is 9.35. The Bertz CT molecular complexity index is 566. The number of rotatable bonds is 4. The minimum Gasteiger partial charge on any atom is -0.495 e. The third-order valence-electron chi connectivity index (χ3n) is 2.12. The Kier molecular flexibility index (Phi) is 6.37. The summed E-state index contributed by atoms with van der Waals surface area (Å²) in [5.74, 6) is -1.13. The van der Waals surface area contributed by atoms with Crippen molar-refractivity contribution in [1.29, 1.82) is 0 Å². The lowest BCUT2D eigenvalue weighted by Gasteiger charge is -2.11. The minimum atomic E-state index is -0.827. The lowest BCUT2D eigenvalue weighted by molar-refractivity contribution is -0.135. The SMILES string of the molecule is COc1cc(NC(=O)C(=O)NCC(N)=S)c(Br)cc1Br. The summed E-state index contributed by atoms with van der Waals surface area (Å²) in [6.07, 6.45) is 0. The van der Waals surface area contributed by atoms with Gasteiger partial charge in [-0.1, -0.05) is 12.2 Å². The lowest BCUT2D eigenvalue weighted by atomic mass is 10.3. The van der Waals surface area contributed by atoms with Gasteiger partial charge in [-0.2, -0.15) is 0 Å². The molecule has 0 unspecified atom stereocenters. The first-order valence-electron chi connectivity index (χ1n) is 5.25. The second-order valence-electron chi connectivity index (χ2n) is 3.57. The van der Waals surface area contributed by atoms with E-state index in [2.05, 4.69) is 54.7 Å². The number of carbonyl (C=O) groups is 2. The molecule has 0 saturated heterocycles. The van der Waals surface area contributed by atoms with Crippen LogP contribution in [0.2, 0.25) is 0 Å². The van der Waals surface area contributed by atoms with Crippen LogP contribution in [-0.2, 0) is 9.59 Å². The van der Waals surface area contributed by atoms with Gasteiger partial charge in [0.1, 0.15) is 5.75 Å². The topological polar surface area (TPSA) is 93.4 Å². The third-order valence-corrected chi connectivity index (χ3v) is 3.54. The number of amides is 2. The summed E-state index contributed by atoms with van der Waals surface area (Å²) in [6.45, 7) is -0.0353. The summed E-state index contributed by atoms with van der Waals surface area (Å²) in [7, 11) is 1.49. The minimum absolute atomic E-state index is 0.0353. The van der Waals surface area contributed by atoms with Crippen LogP contribution in [0.5, 0.6) is 5.75 Å². The van der Waals surface area contributed by atoms with Crippen LogP contribution in [0.25, 0.3) is 0 Å². The molecule has 0 aliphatic rings. The highest BCUT2D eigenvalue weighted by molar-refractivity contribution is 9.11. The van der Waals surface area contributed by atoms with Gasteiger partial charge in [-0.3, -0.25) is 9.59 Å². The largest absolute Gasteiger partial charge is 0.495 e. The Morgan fingerprint density at radius 2 is 1.95 bits per heavy atom. The van der Waals surface area contributed by atoms with E-state index in [1.165, 1.54) is 7.11 Å². The van der Waals surface area contributed by atoms with Crippen molar-refractivity contribution in [2.75, 3.05) is 19.0 Å². The first-order valence-corrected chi connectivity index (χ1v) is 7.25. The van der Waals surface area contributed by atoms with Gasteiger partial charge in [-0.05, 0) is 37.9 Å². The molecule has 0 radical (unpaired) electrons. The zero-order valence-corrected chi connectivity index (χ0v) is 14.3. The van der Waals surface area contributed by atoms with Crippen LogP contribution >= 0.6 is 44.1 Å². The van der Waals surface area contributed by atoms with E-state index in [4.69, 9.17) is 10.5 Å². The maximum atomic E-state index is 11.7. The van der Waals surface area contributed by atoms with Crippen molar-refractivity contribution < 1.29 is 14.3 Å². The molecule has 0 aliphatic heterocycles. The monoisotopic (exact) mass is 423 g/mol. The number of halogens is 2. The van der Waals surface area contributed by atoms with Crippen LogP contribution in [0, 0.1) is 0 Å². The van der Waals surface area contributed by atoms with E-state index < -0.39 is 11.8 Å². The Morgan fingerprint density at radius 1 is 1.30 bits per heavy atom. The number of benzene rings is 1. The van der Waals surface area contributed by atoms with Crippen LogP contribution < -0.4 is 21.1 Å². The third kappa shape index (κ3) is 4.73. The lowest BCUT2D eigenvalue weighted by Crippen LogP contribution is -2.39. The normalized spacial score (nSPS) is 9.75. The molecule has 20 heavy (non-hydrogen) atoms. The van der Waals surface area contributed by atoms with Crippen LogP contribution in [0.15, 0.2) is 21.1 Å². The number of hydrogen-bond donors (Lipinski definition) is 3. The summed E-state index contributed by atoms with van der Waals surface area (Å²) in [4.78, 5) is 23.3. The molecule has 0 aliphatic carbocycles. The van der Waals surface area contributed by atoms with Crippen molar-refractivity contribution >= 4 is 66.6 Å². The van der Waals surface area contributed by atoms with E-state index in [0.29, 0.717) is 20.4 Å². The van der Waals surface area contributed by atoms with Gasteiger partial charge in [0.25, 0.3) is 0 Å². The quantitative estimate of drug-likeness (QED) is 0.503. The van der Waals surface area contributed by atoms with Crippen LogP contribution in [0.3, 0.4) is 0 Å². The highest BCUT2D eigenvalue weighted by atomic mass is 79.9. The maximum absolute atomic E-state index is 11.7. The van der Waals surface area contributed by atoms with Gasteiger partial charge in [0.05, 0.1) is 28.8 Å². The van der Waals surface area contributed by atoms with Gasteiger partial charge in [-0.15, -0.1) is 0 Å². The molecular weight excluding hydrogens is 414 g/mol. The molecule has 1 aromatic carbocycles. The second-order valence-corrected chi connectivity index (χ2v) is 5.80. The highest BCUT2D eigenvalue weighted by Crippen LogP contribution is 2.34. The van der Waals surface area contributed by atoms with Crippen LogP contribution in [0.1, 0.15) is 0 Å². The molecule has 1 aromatic rings. The fraction of sp³-hybridized carbons (Fsp3) is 0.182. The Labute approximate surface area is 137 Å². The summed E-state index contributed by atoms with van der Waals surface area (Å²) < 4.78 is 6.42. The molecule has 0 spiro atoms. The van der Waals surface area contributed by atoms with E-state index >= 15 is 0 Å². The van der Waals surface area contributed by atoms with Crippen LogP contribution in [0.4, 0.5) is 5.69 Å². The van der Waals surface area contributed by atoms with Gasteiger partial charge < -0.3 is 21.1 Å². The van der Waals surface area contributed by atoms with E-state index in [9.17, 15) is 9.59 Å². The van der Waals surface area contributed by atoms with Crippen molar-refractivity contribution in [3.63, 3.8) is 0 Å². The van der Waals surface area contributed by atoms with Gasteiger partial charge >= 0.3 is 11.8 Å². The zero-order chi connectivity index (χ0) is 15.3. The smallest absolute Gasteiger partial charge is 0.313 e. The summed E-state index contributed by atoms with van der Waals surface area (Å²) >= 11 is 11.2. The molecule has 1 rings (SSSR count). The molecule has 108 valence electrons. The molecule has 0 saturated carbocycles. The average molecular weight is 425 g/mol. The molecule has 0 atom stereocenters. The number of hydrogen-bond acceptors (Lipinski definition) is 4. The number of thiocarbonyl (C=S) groups is 1. The van der Waals surface area contributed by atoms with Gasteiger partial charge in [0, 0.05) is 10.5 Å². The fourth-order valence-corrected chi connectivity index (χ4v) is 2.54. The molecule has 9 heteroatoms. The van der Waals surface area contributed by atoms with E-state index in [0.717, 1.165) is 0 Å². The molecule has 0 aromatic heterocycles. The number of ether oxygens (including phenoxy) is 1. The number of nitrogens with two attached hydrogens (primary N) is 1. The predicted molar refractivity (Wildman–Crippen MR) is 86.8 cm³/mol. The van der Waals surface area contributed by atoms with E-state index in [1.54, 1.807) is 12.1 Å². The number of carbonyl (C=O) groups excluding carboxylic acids is 2. The van der Waals surface area contributed by atoms with E-state index in [-0.39, 0.29) is 11.5 Å². The molecule has 0 bridgehead atoms. The Hall–Kier alpha value is -1.19. The average Bonchev–Trinajstić information content (AvgIpc) is 2.38. The van der Waals surface area contributed by atoms with Crippen molar-refractivity contribution in [2.45, 2.75) is 0 Å². The summed E-state index contributed by atoms with van der Waals surface area (Å²) in [5, 5.41) is 4.74. The maximum Gasteiger partial charge on any atom is 0.313 e. The zero-order valence-electron chi connectivity index (χ0n) is 10.3. The molecule has 4 N–H and O–H groups in total. The second kappa shape index (κ2) is 7.55. The van der Waals surface area contributed by atoms with Crippen LogP contribution in [-0.4, -0.2) is 30.5 Å². The molecule has 2 amide bonds. The first kappa shape index (κ1) is 16.9. The van der Waals surface area contributed by atoms with Crippen molar-refractivity contribution in [3.05, 3.63) is 21.1 Å².